The van der Waals surface area contributed by atoms with Gasteiger partial charge in [-0.25, -0.2) is 0 Å². The maximum absolute atomic E-state index is 12.6. The summed E-state index contributed by atoms with van der Waals surface area (Å²) < 4.78 is 5.22. The van der Waals surface area contributed by atoms with Gasteiger partial charge in [-0.2, -0.15) is 0 Å². The van der Waals surface area contributed by atoms with E-state index in [4.69, 9.17) is 4.74 Å². The van der Waals surface area contributed by atoms with E-state index in [2.05, 4.69) is 5.32 Å². The van der Waals surface area contributed by atoms with Gasteiger partial charge in [0.05, 0.1) is 19.3 Å². The van der Waals surface area contributed by atoms with Crippen molar-refractivity contribution in [2.75, 3.05) is 25.5 Å². The van der Waals surface area contributed by atoms with Gasteiger partial charge in [0.2, 0.25) is 11.8 Å². The third-order valence-electron chi connectivity index (χ3n) is 4.36. The molecule has 1 fully saturated rings. The first-order chi connectivity index (χ1) is 11.2. The molecule has 126 valence electrons. The Labute approximate surface area is 138 Å². The predicted molar refractivity (Wildman–Crippen MR) is 90.5 cm³/mol. The van der Waals surface area contributed by atoms with E-state index in [1.807, 2.05) is 19.1 Å². The summed E-state index contributed by atoms with van der Waals surface area (Å²) in [4.78, 5) is 26.5. The molecule has 5 heteroatoms. The number of carbonyl (C=O) groups excluding carboxylic acids is 2. The number of ether oxygens (including phenoxy) is 1. The van der Waals surface area contributed by atoms with Crippen LogP contribution in [0.4, 0.5) is 5.69 Å². The highest BCUT2D eigenvalue weighted by atomic mass is 16.5. The Kier molecular flexibility index (Phi) is 6.44. The molecule has 2 rings (SSSR count). The number of methoxy groups -OCH3 is 1. The second kappa shape index (κ2) is 8.56. The third kappa shape index (κ3) is 4.71. The van der Waals surface area contributed by atoms with Crippen molar-refractivity contribution in [1.82, 2.24) is 4.90 Å². The predicted octanol–water partition coefficient (Wildman–Crippen LogP) is 3.06. The highest BCUT2D eigenvalue weighted by Gasteiger charge is 2.26. The summed E-state index contributed by atoms with van der Waals surface area (Å²) in [6, 6.07) is 7.26. The topological polar surface area (TPSA) is 58.6 Å². The first-order valence-corrected chi connectivity index (χ1v) is 8.37. The fraction of sp³-hybridized carbons (Fsp3) is 0.556. The van der Waals surface area contributed by atoms with Crippen molar-refractivity contribution in [2.45, 2.75) is 39.0 Å². The summed E-state index contributed by atoms with van der Waals surface area (Å²) in [6.07, 6.45) is 5.33. The Morgan fingerprint density at radius 1 is 1.22 bits per heavy atom. The van der Waals surface area contributed by atoms with Gasteiger partial charge in [0.1, 0.15) is 5.75 Å². The van der Waals surface area contributed by atoms with E-state index in [1.54, 1.807) is 24.1 Å². The van der Waals surface area contributed by atoms with Crippen LogP contribution in [0.15, 0.2) is 24.3 Å². The van der Waals surface area contributed by atoms with Gasteiger partial charge in [-0.3, -0.25) is 9.59 Å². The molecule has 0 aliphatic heterocycles. The molecule has 0 radical (unpaired) electrons. The van der Waals surface area contributed by atoms with Crippen molar-refractivity contribution >= 4 is 17.5 Å². The van der Waals surface area contributed by atoms with Crippen molar-refractivity contribution in [2.24, 2.45) is 5.92 Å². The smallest absolute Gasteiger partial charge is 0.244 e. The normalized spacial score (nSPS) is 15.0. The van der Waals surface area contributed by atoms with E-state index in [0.29, 0.717) is 18.0 Å². The molecule has 0 bridgehead atoms. The van der Waals surface area contributed by atoms with Gasteiger partial charge in [-0.15, -0.1) is 0 Å². The molecule has 0 spiro atoms. The Morgan fingerprint density at radius 2 is 1.91 bits per heavy atom. The summed E-state index contributed by atoms with van der Waals surface area (Å²) in [6.45, 7) is 2.55. The van der Waals surface area contributed by atoms with Crippen molar-refractivity contribution in [1.29, 1.82) is 0 Å². The van der Waals surface area contributed by atoms with Crippen LogP contribution in [-0.4, -0.2) is 36.9 Å². The SMILES string of the molecule is CCN(CC(=O)Nc1ccccc1OC)C(=O)C1CCCCC1. The lowest BCUT2D eigenvalue weighted by atomic mass is 9.88. The molecule has 5 nitrogen and oxygen atoms in total. The molecule has 1 aliphatic carbocycles. The molecule has 0 atom stereocenters. The van der Waals surface area contributed by atoms with E-state index < -0.39 is 0 Å². The minimum absolute atomic E-state index is 0.0859. The van der Waals surface area contributed by atoms with Gasteiger partial charge < -0.3 is 15.0 Å². The Balaban J connectivity index is 1.95. The minimum atomic E-state index is -0.194. The van der Waals surface area contributed by atoms with Crippen molar-refractivity contribution < 1.29 is 14.3 Å². The largest absolute Gasteiger partial charge is 0.495 e. The van der Waals surface area contributed by atoms with Gasteiger partial charge in [-0.1, -0.05) is 31.4 Å². The van der Waals surface area contributed by atoms with E-state index in [-0.39, 0.29) is 24.3 Å². The highest BCUT2D eigenvalue weighted by Crippen LogP contribution is 2.26. The van der Waals surface area contributed by atoms with Gasteiger partial charge >= 0.3 is 0 Å². The number of anilines is 1. The number of rotatable bonds is 6. The summed E-state index contributed by atoms with van der Waals surface area (Å²) in [7, 11) is 1.57. The van der Waals surface area contributed by atoms with Gasteiger partial charge in [0.15, 0.2) is 0 Å². The number of nitrogens with zero attached hydrogens (tertiary/aromatic N) is 1. The van der Waals surface area contributed by atoms with Crippen LogP contribution in [0.3, 0.4) is 0 Å². The van der Waals surface area contributed by atoms with Crippen LogP contribution < -0.4 is 10.1 Å². The number of amides is 2. The molecule has 0 unspecified atom stereocenters. The molecule has 1 aliphatic rings. The number of benzene rings is 1. The Hall–Kier alpha value is -2.04. The van der Waals surface area contributed by atoms with E-state index >= 15 is 0 Å². The molecule has 23 heavy (non-hydrogen) atoms. The molecule has 0 aromatic heterocycles. The quantitative estimate of drug-likeness (QED) is 0.877. The monoisotopic (exact) mass is 318 g/mol. The molecule has 2 amide bonds. The first-order valence-electron chi connectivity index (χ1n) is 8.37. The van der Waals surface area contributed by atoms with Crippen molar-refractivity contribution in [3.05, 3.63) is 24.3 Å². The number of likely N-dealkylation sites (N-methyl/N-ethyl adjacent to an activating group) is 1. The molecular formula is C18H26N2O3. The summed E-state index contributed by atoms with van der Waals surface area (Å²) in [5, 5.41) is 2.83. The average molecular weight is 318 g/mol. The van der Waals surface area contributed by atoms with Crippen LogP contribution in [0.5, 0.6) is 5.75 Å². The zero-order valence-electron chi connectivity index (χ0n) is 14.0. The van der Waals surface area contributed by atoms with E-state index in [1.165, 1.54) is 6.42 Å². The van der Waals surface area contributed by atoms with Crippen LogP contribution in [0.25, 0.3) is 0 Å². The summed E-state index contributed by atoms with van der Waals surface area (Å²) >= 11 is 0. The van der Waals surface area contributed by atoms with Crippen LogP contribution in [-0.2, 0) is 9.59 Å². The molecule has 0 saturated heterocycles. The van der Waals surface area contributed by atoms with Crippen molar-refractivity contribution in [3.8, 4) is 5.75 Å². The molecule has 1 N–H and O–H groups in total. The summed E-state index contributed by atoms with van der Waals surface area (Å²) in [5.74, 6) is 0.619. The molecular weight excluding hydrogens is 292 g/mol. The zero-order chi connectivity index (χ0) is 16.7. The Morgan fingerprint density at radius 3 is 2.57 bits per heavy atom. The standard InChI is InChI=1S/C18H26N2O3/c1-3-20(18(22)14-9-5-4-6-10-14)13-17(21)19-15-11-7-8-12-16(15)23-2/h7-8,11-12,14H,3-6,9-10,13H2,1-2H3,(H,19,21). The third-order valence-corrected chi connectivity index (χ3v) is 4.36. The van der Waals surface area contributed by atoms with Crippen LogP contribution >= 0.6 is 0 Å². The van der Waals surface area contributed by atoms with Gasteiger partial charge in [0, 0.05) is 12.5 Å². The van der Waals surface area contributed by atoms with Crippen LogP contribution in [0.2, 0.25) is 0 Å². The minimum Gasteiger partial charge on any atom is -0.495 e. The number of carbonyl (C=O) groups is 2. The second-order valence-electron chi connectivity index (χ2n) is 5.94. The number of nitrogens with one attached hydrogen (secondary N) is 1. The Bertz CT molecular complexity index is 539. The average Bonchev–Trinajstić information content (AvgIpc) is 2.60. The van der Waals surface area contributed by atoms with Crippen LogP contribution in [0.1, 0.15) is 39.0 Å². The lowest BCUT2D eigenvalue weighted by Crippen LogP contribution is -2.41. The van der Waals surface area contributed by atoms with E-state index in [0.717, 1.165) is 25.7 Å². The molecule has 1 aromatic rings. The van der Waals surface area contributed by atoms with Crippen molar-refractivity contribution in [3.63, 3.8) is 0 Å². The fourth-order valence-electron chi connectivity index (χ4n) is 3.06. The first kappa shape index (κ1) is 17.3. The molecule has 0 heterocycles. The van der Waals surface area contributed by atoms with Gasteiger partial charge in [0.25, 0.3) is 0 Å². The number of para-hydroxylation sites is 2. The maximum Gasteiger partial charge on any atom is 0.244 e. The zero-order valence-corrected chi connectivity index (χ0v) is 14.0. The fourth-order valence-corrected chi connectivity index (χ4v) is 3.06. The highest BCUT2D eigenvalue weighted by molar-refractivity contribution is 5.95. The van der Waals surface area contributed by atoms with Crippen LogP contribution in [0, 0.1) is 5.92 Å². The molecule has 1 saturated carbocycles. The number of hydrogen-bond acceptors (Lipinski definition) is 3. The summed E-state index contributed by atoms with van der Waals surface area (Å²) in [5.41, 5.74) is 0.626. The molecule has 1 aromatic carbocycles. The second-order valence-corrected chi connectivity index (χ2v) is 5.94. The maximum atomic E-state index is 12.6. The number of hydrogen-bond donors (Lipinski definition) is 1. The van der Waals surface area contributed by atoms with Gasteiger partial charge in [-0.05, 0) is 31.9 Å². The lowest BCUT2D eigenvalue weighted by molar-refractivity contribution is -0.139. The van der Waals surface area contributed by atoms with E-state index in [9.17, 15) is 9.59 Å². The lowest BCUT2D eigenvalue weighted by Gasteiger charge is -2.28.